The molecule has 0 N–H and O–H groups in total. The van der Waals surface area contributed by atoms with Crippen LogP contribution in [0.25, 0.3) is 0 Å². The molecule has 32 heavy (non-hydrogen) atoms. The number of benzene rings is 1. The average Bonchev–Trinajstić information content (AvgIpc) is 2.82. The molecule has 1 fully saturated rings. The molecule has 2 aliphatic rings. The maximum Gasteiger partial charge on any atom is 0.228 e. The van der Waals surface area contributed by atoms with Crippen molar-refractivity contribution >= 4 is 11.7 Å². The Balaban J connectivity index is 1.48. The number of hydrogen-bond acceptors (Lipinski definition) is 5. The Morgan fingerprint density at radius 2 is 1.81 bits per heavy atom. The number of fused-ring (bicyclic) bond motifs is 1. The van der Waals surface area contributed by atoms with Gasteiger partial charge in [-0.3, -0.25) is 19.6 Å². The van der Waals surface area contributed by atoms with Crippen molar-refractivity contribution in [1.82, 2.24) is 19.9 Å². The van der Waals surface area contributed by atoms with Gasteiger partial charge in [0.1, 0.15) is 11.6 Å². The van der Waals surface area contributed by atoms with Gasteiger partial charge in [-0.25, -0.2) is 9.97 Å². The molecule has 164 valence electrons. The number of piperidine rings is 1. The van der Waals surface area contributed by atoms with E-state index in [4.69, 9.17) is 9.97 Å². The van der Waals surface area contributed by atoms with Crippen molar-refractivity contribution in [3.05, 3.63) is 83.1 Å². The van der Waals surface area contributed by atoms with E-state index in [2.05, 4.69) is 35.0 Å². The van der Waals surface area contributed by atoms with Crippen LogP contribution in [0.1, 0.15) is 60.1 Å². The lowest BCUT2D eigenvalue weighted by atomic mass is 9.99. The molecule has 1 saturated heterocycles. The van der Waals surface area contributed by atoms with Gasteiger partial charge >= 0.3 is 0 Å². The van der Waals surface area contributed by atoms with Gasteiger partial charge in [0.25, 0.3) is 0 Å². The van der Waals surface area contributed by atoms with Gasteiger partial charge in [-0.2, -0.15) is 0 Å². The third-order valence-corrected chi connectivity index (χ3v) is 6.54. The number of likely N-dealkylation sites (tertiary alicyclic amines) is 1. The summed E-state index contributed by atoms with van der Waals surface area (Å²) in [5.41, 5.74) is 4.28. The van der Waals surface area contributed by atoms with Gasteiger partial charge in [0.05, 0.1) is 18.3 Å². The Hall–Kier alpha value is -3.12. The van der Waals surface area contributed by atoms with Crippen molar-refractivity contribution in [1.29, 1.82) is 0 Å². The summed E-state index contributed by atoms with van der Waals surface area (Å²) in [6, 6.07) is 16.4. The van der Waals surface area contributed by atoms with Crippen LogP contribution in [0, 0.1) is 6.92 Å². The van der Waals surface area contributed by atoms with Gasteiger partial charge in [0, 0.05) is 30.4 Å². The molecular weight excluding hydrogens is 398 g/mol. The fourth-order valence-corrected chi connectivity index (χ4v) is 4.85. The fourth-order valence-electron chi connectivity index (χ4n) is 4.85. The monoisotopic (exact) mass is 427 g/mol. The molecule has 0 aliphatic carbocycles. The van der Waals surface area contributed by atoms with Gasteiger partial charge in [0.15, 0.2) is 0 Å². The number of carbonyl (C=O) groups is 1. The second-order valence-corrected chi connectivity index (χ2v) is 8.74. The van der Waals surface area contributed by atoms with Crippen molar-refractivity contribution in [3.8, 4) is 0 Å². The van der Waals surface area contributed by atoms with Crippen LogP contribution in [0.15, 0.2) is 54.7 Å². The molecule has 0 spiro atoms. The first-order valence-corrected chi connectivity index (χ1v) is 11.5. The molecule has 6 heteroatoms. The minimum atomic E-state index is 0.138. The van der Waals surface area contributed by atoms with Crippen LogP contribution < -0.4 is 4.90 Å². The molecule has 3 aromatic rings. The highest BCUT2D eigenvalue weighted by Crippen LogP contribution is 2.35. The Morgan fingerprint density at radius 1 is 0.969 bits per heavy atom. The van der Waals surface area contributed by atoms with Crippen molar-refractivity contribution < 1.29 is 4.79 Å². The Morgan fingerprint density at radius 3 is 2.62 bits per heavy atom. The predicted octanol–water partition coefficient (Wildman–Crippen LogP) is 4.39. The van der Waals surface area contributed by atoms with Gasteiger partial charge in [-0.05, 0) is 50.4 Å². The quantitative estimate of drug-likeness (QED) is 0.604. The minimum absolute atomic E-state index is 0.138. The average molecular weight is 428 g/mol. The highest BCUT2D eigenvalue weighted by Gasteiger charge is 2.32. The van der Waals surface area contributed by atoms with E-state index in [0.717, 1.165) is 60.1 Å². The molecule has 2 aliphatic heterocycles. The lowest BCUT2D eigenvalue weighted by molar-refractivity contribution is -0.119. The molecule has 1 aromatic carbocycles. The first-order chi connectivity index (χ1) is 15.7. The summed E-state index contributed by atoms with van der Waals surface area (Å²) in [6.07, 6.45) is 6.44. The van der Waals surface area contributed by atoms with Crippen molar-refractivity contribution in [2.24, 2.45) is 0 Å². The summed E-state index contributed by atoms with van der Waals surface area (Å²) >= 11 is 0. The van der Waals surface area contributed by atoms with E-state index in [1.54, 1.807) is 0 Å². The minimum Gasteiger partial charge on any atom is -0.292 e. The molecule has 0 saturated carbocycles. The normalized spacial score (nSPS) is 19.1. The first-order valence-electron chi connectivity index (χ1n) is 11.5. The number of carbonyl (C=O) groups excluding carboxylic acids is 1. The molecule has 6 nitrogen and oxygen atoms in total. The Labute approximate surface area is 189 Å². The van der Waals surface area contributed by atoms with Crippen LogP contribution in [0.4, 0.5) is 5.82 Å². The van der Waals surface area contributed by atoms with Gasteiger partial charge < -0.3 is 0 Å². The topological polar surface area (TPSA) is 62.2 Å². The zero-order valence-corrected chi connectivity index (χ0v) is 18.6. The van der Waals surface area contributed by atoms with Crippen LogP contribution in [0.5, 0.6) is 0 Å². The maximum atomic E-state index is 12.9. The molecule has 1 amide bonds. The van der Waals surface area contributed by atoms with E-state index in [1.807, 2.05) is 41.4 Å². The van der Waals surface area contributed by atoms with E-state index in [9.17, 15) is 4.79 Å². The van der Waals surface area contributed by atoms with Crippen molar-refractivity contribution in [2.75, 3.05) is 11.4 Å². The molecule has 2 aromatic heterocycles. The number of pyridine rings is 1. The molecule has 0 unspecified atom stereocenters. The van der Waals surface area contributed by atoms with Crippen LogP contribution in [0.3, 0.4) is 0 Å². The largest absolute Gasteiger partial charge is 0.292 e. The molecule has 1 atom stereocenters. The lowest BCUT2D eigenvalue weighted by Gasteiger charge is -2.36. The smallest absolute Gasteiger partial charge is 0.228 e. The molecule has 0 radical (unpaired) electrons. The van der Waals surface area contributed by atoms with Crippen LogP contribution in [0.2, 0.25) is 0 Å². The summed E-state index contributed by atoms with van der Waals surface area (Å²) in [5.74, 6) is 1.78. The number of anilines is 1. The molecule has 5 rings (SSSR count). The zero-order valence-electron chi connectivity index (χ0n) is 18.6. The number of hydrogen-bond donors (Lipinski definition) is 0. The van der Waals surface area contributed by atoms with Crippen molar-refractivity contribution in [2.45, 2.75) is 58.2 Å². The molecule has 4 heterocycles. The van der Waals surface area contributed by atoms with Gasteiger partial charge in [-0.15, -0.1) is 0 Å². The van der Waals surface area contributed by atoms with E-state index in [-0.39, 0.29) is 11.9 Å². The highest BCUT2D eigenvalue weighted by molar-refractivity contribution is 5.95. The number of aryl methyl sites for hydroxylation is 1. The van der Waals surface area contributed by atoms with Crippen LogP contribution >= 0.6 is 0 Å². The van der Waals surface area contributed by atoms with Crippen molar-refractivity contribution in [3.63, 3.8) is 0 Å². The van der Waals surface area contributed by atoms with E-state index in [0.29, 0.717) is 19.4 Å². The SMILES string of the molecule is Cc1nc([C@H]2CCCCN2Cc2ccccn2)nc2c1CCC(=O)N2Cc1ccccc1. The predicted molar refractivity (Wildman–Crippen MR) is 124 cm³/mol. The molecule has 0 bridgehead atoms. The number of nitrogens with zero attached hydrogens (tertiary/aromatic N) is 5. The Kier molecular flexibility index (Phi) is 5.95. The summed E-state index contributed by atoms with van der Waals surface area (Å²) in [4.78, 5) is 31.7. The summed E-state index contributed by atoms with van der Waals surface area (Å²) in [6.45, 7) is 4.41. The third kappa shape index (κ3) is 4.28. The van der Waals surface area contributed by atoms with E-state index < -0.39 is 0 Å². The maximum absolute atomic E-state index is 12.9. The zero-order chi connectivity index (χ0) is 21.9. The first kappa shape index (κ1) is 20.8. The standard InChI is InChI=1S/C26H29N5O/c1-19-22-13-14-24(32)31(17-20-9-3-2-4-10-20)26(22)29-25(28-19)23-12-6-8-16-30(23)18-21-11-5-7-15-27-21/h2-5,7,9-11,15,23H,6,8,12-14,16-18H2,1H3/t23-/m1/s1. The summed E-state index contributed by atoms with van der Waals surface area (Å²) in [5, 5.41) is 0. The second-order valence-electron chi connectivity index (χ2n) is 8.74. The van der Waals surface area contributed by atoms with Crippen LogP contribution in [-0.2, 0) is 24.3 Å². The Bertz CT molecular complexity index is 1090. The third-order valence-electron chi connectivity index (χ3n) is 6.54. The highest BCUT2D eigenvalue weighted by atomic mass is 16.2. The number of aromatic nitrogens is 3. The van der Waals surface area contributed by atoms with Crippen LogP contribution in [-0.4, -0.2) is 32.3 Å². The second kappa shape index (κ2) is 9.17. The summed E-state index contributed by atoms with van der Waals surface area (Å²) in [7, 11) is 0. The fraction of sp³-hybridized carbons (Fsp3) is 0.385. The molecular formula is C26H29N5O. The lowest BCUT2D eigenvalue weighted by Crippen LogP contribution is -2.38. The van der Waals surface area contributed by atoms with E-state index >= 15 is 0 Å². The summed E-state index contributed by atoms with van der Waals surface area (Å²) < 4.78 is 0. The van der Waals surface area contributed by atoms with E-state index in [1.165, 1.54) is 6.42 Å². The number of rotatable bonds is 5. The van der Waals surface area contributed by atoms with Gasteiger partial charge in [0.2, 0.25) is 5.91 Å². The van der Waals surface area contributed by atoms with Gasteiger partial charge in [-0.1, -0.05) is 42.8 Å². The number of amides is 1.